The molecule has 108 valence electrons. The van der Waals surface area contributed by atoms with Gasteiger partial charge in [0.25, 0.3) is 0 Å². The van der Waals surface area contributed by atoms with Crippen LogP contribution in [0.3, 0.4) is 0 Å². The third-order valence-electron chi connectivity index (χ3n) is 4.77. The fourth-order valence-electron chi connectivity index (χ4n) is 3.55. The highest BCUT2D eigenvalue weighted by atomic mass is 15.2. The second kappa shape index (κ2) is 6.91. The van der Waals surface area contributed by atoms with Crippen molar-refractivity contribution in [3.8, 4) is 0 Å². The van der Waals surface area contributed by atoms with Crippen LogP contribution in [0.15, 0.2) is 0 Å². The first-order valence-corrected chi connectivity index (χ1v) is 7.84. The second-order valence-electron chi connectivity index (χ2n) is 7.22. The van der Waals surface area contributed by atoms with Crippen LogP contribution in [0.25, 0.3) is 0 Å². The summed E-state index contributed by atoms with van der Waals surface area (Å²) >= 11 is 0. The van der Waals surface area contributed by atoms with E-state index in [2.05, 4.69) is 39.5 Å². The van der Waals surface area contributed by atoms with Gasteiger partial charge in [-0.3, -0.25) is 4.90 Å². The molecule has 1 saturated heterocycles. The van der Waals surface area contributed by atoms with Gasteiger partial charge in [-0.2, -0.15) is 0 Å². The summed E-state index contributed by atoms with van der Waals surface area (Å²) in [7, 11) is 0. The van der Waals surface area contributed by atoms with E-state index in [-0.39, 0.29) is 5.54 Å². The zero-order chi connectivity index (χ0) is 13.8. The molecule has 2 nitrogen and oxygen atoms in total. The molecule has 0 aliphatic carbocycles. The molecule has 2 atom stereocenters. The Balaban J connectivity index is 2.64. The van der Waals surface area contributed by atoms with Crippen molar-refractivity contribution in [1.29, 1.82) is 0 Å². The van der Waals surface area contributed by atoms with Crippen molar-refractivity contribution in [2.24, 2.45) is 23.5 Å². The first-order valence-electron chi connectivity index (χ1n) is 7.84. The number of nitrogens with zero attached hydrogens (tertiary/aromatic N) is 1. The van der Waals surface area contributed by atoms with E-state index >= 15 is 0 Å². The molecule has 2 heteroatoms. The zero-order valence-corrected chi connectivity index (χ0v) is 13.2. The van der Waals surface area contributed by atoms with E-state index in [0.29, 0.717) is 0 Å². The summed E-state index contributed by atoms with van der Waals surface area (Å²) in [6.45, 7) is 15.0. The third kappa shape index (κ3) is 4.24. The summed E-state index contributed by atoms with van der Waals surface area (Å²) < 4.78 is 0. The van der Waals surface area contributed by atoms with Crippen LogP contribution in [0.1, 0.15) is 60.3 Å². The predicted octanol–water partition coefficient (Wildman–Crippen LogP) is 3.51. The molecule has 0 saturated carbocycles. The fraction of sp³-hybridized carbons (Fsp3) is 1.00. The number of nitrogens with two attached hydrogens (primary N) is 1. The lowest BCUT2D eigenvalue weighted by molar-refractivity contribution is 0.0908. The van der Waals surface area contributed by atoms with Crippen molar-refractivity contribution < 1.29 is 0 Å². The van der Waals surface area contributed by atoms with Gasteiger partial charge < -0.3 is 5.73 Å². The summed E-state index contributed by atoms with van der Waals surface area (Å²) in [5, 5.41) is 0. The molecule has 2 unspecified atom stereocenters. The summed E-state index contributed by atoms with van der Waals surface area (Å²) in [5.74, 6) is 2.47. The largest absolute Gasteiger partial charge is 0.329 e. The lowest BCUT2D eigenvalue weighted by atomic mass is 9.88. The molecule has 2 N–H and O–H groups in total. The van der Waals surface area contributed by atoms with Crippen molar-refractivity contribution in [2.75, 3.05) is 19.6 Å². The number of likely N-dealkylation sites (tertiary alicyclic amines) is 1. The van der Waals surface area contributed by atoms with Crippen molar-refractivity contribution >= 4 is 0 Å². The highest BCUT2D eigenvalue weighted by molar-refractivity contribution is 4.90. The highest BCUT2D eigenvalue weighted by Gasteiger charge is 2.33. The predicted molar refractivity (Wildman–Crippen MR) is 80.7 cm³/mol. The lowest BCUT2D eigenvalue weighted by Crippen LogP contribution is -2.52. The van der Waals surface area contributed by atoms with Crippen molar-refractivity contribution in [1.82, 2.24) is 4.90 Å². The summed E-state index contributed by atoms with van der Waals surface area (Å²) in [6.07, 6.45) is 5.31. The van der Waals surface area contributed by atoms with E-state index in [1.165, 1.54) is 38.8 Å². The first kappa shape index (κ1) is 16.0. The van der Waals surface area contributed by atoms with Gasteiger partial charge in [0.15, 0.2) is 0 Å². The Morgan fingerprint density at radius 2 is 1.83 bits per heavy atom. The molecule has 1 rings (SSSR count). The Hall–Kier alpha value is -0.0800. The summed E-state index contributed by atoms with van der Waals surface area (Å²) in [4.78, 5) is 2.68. The average molecular weight is 254 g/mol. The van der Waals surface area contributed by atoms with Gasteiger partial charge in [-0.05, 0) is 63.5 Å². The minimum Gasteiger partial charge on any atom is -0.329 e. The molecule has 0 spiro atoms. The molecule has 1 aliphatic heterocycles. The Bertz CT molecular complexity index is 237. The normalized spacial score (nSPS) is 26.3. The topological polar surface area (TPSA) is 29.3 Å². The molecule has 1 heterocycles. The van der Waals surface area contributed by atoms with Gasteiger partial charge >= 0.3 is 0 Å². The van der Waals surface area contributed by atoms with E-state index in [0.717, 1.165) is 24.3 Å². The van der Waals surface area contributed by atoms with Gasteiger partial charge in [-0.25, -0.2) is 0 Å². The molecule has 1 fully saturated rings. The van der Waals surface area contributed by atoms with Crippen LogP contribution in [0, 0.1) is 17.8 Å². The van der Waals surface area contributed by atoms with Crippen LogP contribution in [0.5, 0.6) is 0 Å². The van der Waals surface area contributed by atoms with Crippen LogP contribution in [0.4, 0.5) is 0 Å². The number of rotatable bonds is 5. The van der Waals surface area contributed by atoms with E-state index in [1.807, 2.05) is 0 Å². The Morgan fingerprint density at radius 1 is 1.17 bits per heavy atom. The molecule has 0 bridgehead atoms. The van der Waals surface area contributed by atoms with Crippen LogP contribution in [-0.4, -0.2) is 30.1 Å². The Labute approximate surface area is 114 Å². The van der Waals surface area contributed by atoms with Gasteiger partial charge in [0, 0.05) is 12.1 Å². The summed E-state index contributed by atoms with van der Waals surface area (Å²) in [6, 6.07) is 0. The molecule has 0 radical (unpaired) electrons. The SMILES string of the molecule is CC(C)CC(C)(CN)N1CCCC(C(C)C)CC1. The summed E-state index contributed by atoms with van der Waals surface area (Å²) in [5.41, 5.74) is 6.30. The smallest absolute Gasteiger partial charge is 0.0306 e. The molecule has 0 aromatic carbocycles. The molecular formula is C16H34N2. The van der Waals surface area contributed by atoms with Crippen molar-refractivity contribution in [3.05, 3.63) is 0 Å². The minimum atomic E-state index is 0.208. The van der Waals surface area contributed by atoms with Crippen LogP contribution < -0.4 is 5.73 Å². The monoisotopic (exact) mass is 254 g/mol. The molecule has 0 aromatic heterocycles. The van der Waals surface area contributed by atoms with Gasteiger partial charge in [0.05, 0.1) is 0 Å². The van der Waals surface area contributed by atoms with Gasteiger partial charge in [0.2, 0.25) is 0 Å². The molecule has 0 amide bonds. The Morgan fingerprint density at radius 3 is 2.33 bits per heavy atom. The van der Waals surface area contributed by atoms with Crippen molar-refractivity contribution in [3.63, 3.8) is 0 Å². The minimum absolute atomic E-state index is 0.208. The average Bonchev–Trinajstić information content (AvgIpc) is 2.53. The van der Waals surface area contributed by atoms with Gasteiger partial charge in [-0.15, -0.1) is 0 Å². The van der Waals surface area contributed by atoms with E-state index < -0.39 is 0 Å². The lowest BCUT2D eigenvalue weighted by Gasteiger charge is -2.41. The number of hydrogen-bond acceptors (Lipinski definition) is 2. The van der Waals surface area contributed by atoms with Crippen LogP contribution in [0.2, 0.25) is 0 Å². The third-order valence-corrected chi connectivity index (χ3v) is 4.77. The van der Waals surface area contributed by atoms with E-state index in [4.69, 9.17) is 5.73 Å². The zero-order valence-electron chi connectivity index (χ0n) is 13.2. The second-order valence-corrected chi connectivity index (χ2v) is 7.22. The molecular weight excluding hydrogens is 220 g/mol. The highest BCUT2D eigenvalue weighted by Crippen LogP contribution is 2.30. The van der Waals surface area contributed by atoms with Gasteiger partial charge in [-0.1, -0.05) is 27.7 Å². The standard InChI is InChI=1S/C16H34N2/c1-13(2)11-16(5,12-17)18-9-6-7-15(8-10-18)14(3)4/h13-15H,6-12,17H2,1-5H3. The maximum absolute atomic E-state index is 6.09. The fourth-order valence-corrected chi connectivity index (χ4v) is 3.55. The maximum atomic E-state index is 6.09. The quantitative estimate of drug-likeness (QED) is 0.813. The Kier molecular flexibility index (Phi) is 6.13. The van der Waals surface area contributed by atoms with Crippen LogP contribution >= 0.6 is 0 Å². The number of hydrogen-bond donors (Lipinski definition) is 1. The molecule has 18 heavy (non-hydrogen) atoms. The van der Waals surface area contributed by atoms with Gasteiger partial charge in [0.1, 0.15) is 0 Å². The first-order chi connectivity index (χ1) is 8.39. The van der Waals surface area contributed by atoms with Crippen molar-refractivity contribution in [2.45, 2.75) is 65.8 Å². The molecule has 1 aliphatic rings. The maximum Gasteiger partial charge on any atom is 0.0306 e. The molecule has 0 aromatic rings. The van der Waals surface area contributed by atoms with Crippen LogP contribution in [-0.2, 0) is 0 Å². The van der Waals surface area contributed by atoms with E-state index in [9.17, 15) is 0 Å². The van der Waals surface area contributed by atoms with E-state index in [1.54, 1.807) is 0 Å².